The molecule has 10 heteroatoms. The monoisotopic (exact) mass is 419 g/mol. The SMILES string of the molecule is CCCCCC(=O)NS(=O)(=O)c1ccc(N=Nc2ccc(O)c(C(=O)O)c2)cc1. The number of phenols is 1. The number of hydrogen-bond acceptors (Lipinski definition) is 7. The molecule has 29 heavy (non-hydrogen) atoms. The number of amides is 1. The van der Waals surface area contributed by atoms with E-state index in [9.17, 15) is 23.1 Å². The average molecular weight is 419 g/mol. The van der Waals surface area contributed by atoms with Gasteiger partial charge in [0.15, 0.2) is 0 Å². The van der Waals surface area contributed by atoms with E-state index in [0.717, 1.165) is 18.9 Å². The van der Waals surface area contributed by atoms with Gasteiger partial charge in [0.2, 0.25) is 5.91 Å². The first-order valence-electron chi connectivity index (χ1n) is 8.86. The van der Waals surface area contributed by atoms with Gasteiger partial charge in [0.25, 0.3) is 10.0 Å². The van der Waals surface area contributed by atoms with Crippen LogP contribution in [0.1, 0.15) is 43.0 Å². The molecule has 0 atom stereocenters. The number of nitrogens with zero attached hydrogens (tertiary/aromatic N) is 2. The van der Waals surface area contributed by atoms with Gasteiger partial charge in [-0.2, -0.15) is 10.2 Å². The molecule has 0 fully saturated rings. The molecule has 0 aliphatic rings. The fourth-order valence-corrected chi connectivity index (χ4v) is 3.37. The van der Waals surface area contributed by atoms with Crippen molar-refractivity contribution >= 4 is 33.3 Å². The van der Waals surface area contributed by atoms with E-state index in [-0.39, 0.29) is 28.3 Å². The number of carbonyl (C=O) groups is 2. The number of unbranched alkanes of at least 4 members (excludes halogenated alkanes) is 2. The van der Waals surface area contributed by atoms with Crippen molar-refractivity contribution in [2.75, 3.05) is 0 Å². The molecule has 3 N–H and O–H groups in total. The van der Waals surface area contributed by atoms with Gasteiger partial charge >= 0.3 is 5.97 Å². The summed E-state index contributed by atoms with van der Waals surface area (Å²) in [6, 6.07) is 9.12. The third kappa shape index (κ3) is 6.39. The van der Waals surface area contributed by atoms with Crippen molar-refractivity contribution in [2.45, 2.75) is 37.5 Å². The van der Waals surface area contributed by atoms with Crippen molar-refractivity contribution < 1.29 is 28.2 Å². The molecular weight excluding hydrogens is 398 g/mol. The van der Waals surface area contributed by atoms with E-state index in [2.05, 4.69) is 10.2 Å². The first kappa shape index (κ1) is 22.0. The molecule has 0 aliphatic heterocycles. The van der Waals surface area contributed by atoms with Gasteiger partial charge in [0.1, 0.15) is 11.3 Å². The van der Waals surface area contributed by atoms with Gasteiger partial charge < -0.3 is 10.2 Å². The van der Waals surface area contributed by atoms with Crippen LogP contribution in [0.4, 0.5) is 11.4 Å². The Labute approximate surface area is 168 Å². The predicted octanol–water partition coefficient (Wildman–Crippen LogP) is 3.89. The molecule has 2 aromatic carbocycles. The summed E-state index contributed by atoms with van der Waals surface area (Å²) < 4.78 is 26.5. The van der Waals surface area contributed by atoms with Crippen LogP contribution in [0.5, 0.6) is 5.75 Å². The Morgan fingerprint density at radius 2 is 1.62 bits per heavy atom. The lowest BCUT2D eigenvalue weighted by molar-refractivity contribution is -0.119. The van der Waals surface area contributed by atoms with Crippen LogP contribution in [0.3, 0.4) is 0 Å². The van der Waals surface area contributed by atoms with Gasteiger partial charge in [-0.05, 0) is 48.9 Å². The number of benzene rings is 2. The number of azo groups is 1. The Morgan fingerprint density at radius 1 is 1.00 bits per heavy atom. The molecule has 0 saturated carbocycles. The highest BCUT2D eigenvalue weighted by Gasteiger charge is 2.17. The highest BCUT2D eigenvalue weighted by molar-refractivity contribution is 7.90. The summed E-state index contributed by atoms with van der Waals surface area (Å²) >= 11 is 0. The Morgan fingerprint density at radius 3 is 2.24 bits per heavy atom. The van der Waals surface area contributed by atoms with E-state index >= 15 is 0 Å². The molecule has 0 saturated heterocycles. The van der Waals surface area contributed by atoms with Crippen molar-refractivity contribution in [3.05, 3.63) is 48.0 Å². The second-order valence-corrected chi connectivity index (χ2v) is 7.87. The summed E-state index contributed by atoms with van der Waals surface area (Å²) in [6.45, 7) is 1.99. The smallest absolute Gasteiger partial charge is 0.339 e. The molecule has 9 nitrogen and oxygen atoms in total. The molecule has 2 rings (SSSR count). The lowest BCUT2D eigenvalue weighted by Crippen LogP contribution is -2.30. The Bertz CT molecular complexity index is 1020. The topological polar surface area (TPSA) is 145 Å². The molecule has 0 spiro atoms. The van der Waals surface area contributed by atoms with Crippen molar-refractivity contribution in [1.29, 1.82) is 0 Å². The number of aromatic carboxylic acids is 1. The van der Waals surface area contributed by atoms with E-state index < -0.39 is 21.9 Å². The molecule has 1 amide bonds. The summed E-state index contributed by atoms with van der Waals surface area (Å²) in [5.74, 6) is -2.24. The summed E-state index contributed by atoms with van der Waals surface area (Å²) in [7, 11) is -3.97. The minimum atomic E-state index is -3.97. The molecule has 0 aliphatic carbocycles. The predicted molar refractivity (Wildman–Crippen MR) is 105 cm³/mol. The van der Waals surface area contributed by atoms with E-state index in [0.29, 0.717) is 12.1 Å². The highest BCUT2D eigenvalue weighted by Crippen LogP contribution is 2.25. The van der Waals surface area contributed by atoms with Crippen molar-refractivity contribution in [3.63, 3.8) is 0 Å². The van der Waals surface area contributed by atoms with Gasteiger partial charge in [0.05, 0.1) is 16.3 Å². The number of sulfonamides is 1. The molecule has 0 unspecified atom stereocenters. The van der Waals surface area contributed by atoms with E-state index in [1.54, 1.807) is 0 Å². The maximum Gasteiger partial charge on any atom is 0.339 e. The van der Waals surface area contributed by atoms with Crippen LogP contribution in [-0.2, 0) is 14.8 Å². The first-order valence-corrected chi connectivity index (χ1v) is 10.3. The van der Waals surface area contributed by atoms with Gasteiger partial charge in [-0.15, -0.1) is 0 Å². The molecule has 2 aromatic rings. The lowest BCUT2D eigenvalue weighted by atomic mass is 10.2. The standard InChI is InChI=1S/C19H21N3O6S/c1-2-3-4-5-18(24)22-29(27,28)15-9-6-13(7-10-15)20-21-14-8-11-17(23)16(12-14)19(25)26/h6-12,23H,2-5H2,1H3,(H,22,24)(H,25,26). The highest BCUT2D eigenvalue weighted by atomic mass is 32.2. The molecule has 0 bridgehead atoms. The molecule has 0 heterocycles. The van der Waals surface area contributed by atoms with Crippen LogP contribution in [0.25, 0.3) is 0 Å². The first-order chi connectivity index (χ1) is 13.7. The molecule has 0 aromatic heterocycles. The normalized spacial score (nSPS) is 11.5. The fraction of sp³-hybridized carbons (Fsp3) is 0.263. The number of aromatic hydroxyl groups is 1. The van der Waals surface area contributed by atoms with Crippen LogP contribution >= 0.6 is 0 Å². The average Bonchev–Trinajstić information content (AvgIpc) is 2.67. The second kappa shape index (κ2) is 9.78. The zero-order valence-electron chi connectivity index (χ0n) is 15.7. The summed E-state index contributed by atoms with van der Waals surface area (Å²) in [4.78, 5) is 22.7. The van der Waals surface area contributed by atoms with Gasteiger partial charge in [-0.1, -0.05) is 19.8 Å². The molecule has 154 valence electrons. The molecule has 0 radical (unpaired) electrons. The van der Waals surface area contributed by atoms with E-state index in [1.165, 1.54) is 36.4 Å². The zero-order chi connectivity index (χ0) is 21.4. The van der Waals surface area contributed by atoms with Crippen LogP contribution in [0, 0.1) is 0 Å². The zero-order valence-corrected chi connectivity index (χ0v) is 16.5. The summed E-state index contributed by atoms with van der Waals surface area (Å²) in [5.41, 5.74) is 0.219. The third-order valence-corrected chi connectivity index (χ3v) is 5.28. The number of rotatable bonds is 9. The van der Waals surface area contributed by atoms with Gasteiger partial charge in [-0.25, -0.2) is 17.9 Å². The Balaban J connectivity index is 2.08. The van der Waals surface area contributed by atoms with Crippen molar-refractivity contribution in [3.8, 4) is 5.75 Å². The van der Waals surface area contributed by atoms with Gasteiger partial charge in [-0.3, -0.25) is 4.79 Å². The van der Waals surface area contributed by atoms with Crippen LogP contribution in [0.15, 0.2) is 57.6 Å². The Hall–Kier alpha value is -3.27. The maximum atomic E-state index is 12.2. The largest absolute Gasteiger partial charge is 0.507 e. The maximum absolute atomic E-state index is 12.2. The van der Waals surface area contributed by atoms with Crippen LogP contribution in [-0.4, -0.2) is 30.5 Å². The fourth-order valence-electron chi connectivity index (χ4n) is 2.36. The number of hydrogen-bond donors (Lipinski definition) is 3. The lowest BCUT2D eigenvalue weighted by Gasteiger charge is -2.07. The second-order valence-electron chi connectivity index (χ2n) is 6.19. The number of carbonyl (C=O) groups excluding carboxylic acids is 1. The minimum Gasteiger partial charge on any atom is -0.507 e. The van der Waals surface area contributed by atoms with Gasteiger partial charge in [0, 0.05) is 6.42 Å². The van der Waals surface area contributed by atoms with Crippen molar-refractivity contribution in [2.24, 2.45) is 10.2 Å². The van der Waals surface area contributed by atoms with E-state index in [1.807, 2.05) is 11.6 Å². The number of carboxylic acids is 1. The molecular formula is C19H21N3O6S. The van der Waals surface area contributed by atoms with Crippen LogP contribution < -0.4 is 4.72 Å². The number of carboxylic acid groups (broad SMARTS) is 1. The number of nitrogens with one attached hydrogen (secondary N) is 1. The van der Waals surface area contributed by atoms with Crippen molar-refractivity contribution in [1.82, 2.24) is 4.72 Å². The summed E-state index contributed by atoms with van der Waals surface area (Å²) in [5, 5.41) is 26.2. The summed E-state index contributed by atoms with van der Waals surface area (Å²) in [6.07, 6.45) is 2.54. The Kier molecular flexibility index (Phi) is 7.43. The quantitative estimate of drug-likeness (QED) is 0.415. The van der Waals surface area contributed by atoms with Crippen LogP contribution in [0.2, 0.25) is 0 Å². The third-order valence-electron chi connectivity index (χ3n) is 3.89. The van der Waals surface area contributed by atoms with E-state index in [4.69, 9.17) is 5.11 Å². The minimum absolute atomic E-state index is 0.0851.